The Hall–Kier alpha value is -0.670. The number of nitrogens with zero attached hydrogens (tertiary/aromatic N) is 2. The van der Waals surface area contributed by atoms with Crippen LogP contribution in [-0.4, -0.2) is 98.5 Å². The molecular weight excluding hydrogens is 387 g/mol. The van der Waals surface area contributed by atoms with Gasteiger partial charge in [-0.05, 0) is 12.8 Å². The Morgan fingerprint density at radius 2 is 1.24 bits per heavy atom. The van der Waals surface area contributed by atoms with Gasteiger partial charge in [-0.15, -0.1) is 0 Å². The minimum Gasteiger partial charge on any atom is -0.480 e. The maximum atomic E-state index is 12.2. The number of rotatable bonds is 18. The van der Waals surface area contributed by atoms with Crippen molar-refractivity contribution in [3.63, 3.8) is 0 Å². The van der Waals surface area contributed by atoms with Gasteiger partial charge in [0.1, 0.15) is 0 Å². The molecule has 0 spiro atoms. The number of hydrogen-bond donors (Lipinski definition) is 3. The van der Waals surface area contributed by atoms with Gasteiger partial charge in [0.05, 0.1) is 19.1 Å². The van der Waals surface area contributed by atoms with Crippen LogP contribution in [-0.2, 0) is 14.4 Å². The van der Waals surface area contributed by atoms with Crippen molar-refractivity contribution in [2.45, 2.75) is 90.5 Å². The van der Waals surface area contributed by atoms with Gasteiger partial charge in [-0.3, -0.25) is 24.5 Å². The molecule has 0 fully saturated rings. The van der Waals surface area contributed by atoms with Crippen LogP contribution in [0.1, 0.15) is 84.5 Å². The van der Waals surface area contributed by atoms with Crippen LogP contribution in [0, 0.1) is 0 Å². The molecule has 1 unspecified atom stereocenters. The molecule has 0 aliphatic rings. The van der Waals surface area contributed by atoms with Gasteiger partial charge >= 0.3 is 11.9 Å². The molecule has 1 amide bonds. The van der Waals surface area contributed by atoms with E-state index in [-0.39, 0.29) is 42.5 Å². The number of carboxylic acids is 2. The van der Waals surface area contributed by atoms with Gasteiger partial charge < -0.3 is 10.2 Å². The third-order valence-electron chi connectivity index (χ3n) is 4.75. The molecule has 0 aromatic carbocycles. The Kier molecular flexibility index (Phi) is 20.3. The SMILES string of the molecule is CCCCCCCCCCCC(=O)N(O)C(CC)CN(CC(=O)O)CC(=O)O.[Na]. The van der Waals surface area contributed by atoms with Crippen LogP contribution in [0.2, 0.25) is 0 Å². The number of amides is 1. The number of carbonyl (C=O) groups excluding carboxylic acids is 1. The van der Waals surface area contributed by atoms with Crippen molar-refractivity contribution >= 4 is 47.4 Å². The summed E-state index contributed by atoms with van der Waals surface area (Å²) in [6, 6.07) is -0.634. The van der Waals surface area contributed by atoms with E-state index in [1.807, 2.05) is 0 Å². The van der Waals surface area contributed by atoms with Gasteiger partial charge in [0.2, 0.25) is 5.91 Å². The first-order valence-electron chi connectivity index (χ1n) is 10.5. The maximum absolute atomic E-state index is 12.2. The summed E-state index contributed by atoms with van der Waals surface area (Å²) < 4.78 is 0. The third-order valence-corrected chi connectivity index (χ3v) is 4.75. The van der Waals surface area contributed by atoms with Crippen molar-refractivity contribution in [1.82, 2.24) is 9.96 Å². The minimum absolute atomic E-state index is 0. The molecular formula is C20H38N2NaO6. The summed E-state index contributed by atoms with van der Waals surface area (Å²) in [7, 11) is 0. The number of aliphatic carboxylic acids is 2. The number of carbonyl (C=O) groups is 3. The molecule has 0 saturated heterocycles. The fourth-order valence-corrected chi connectivity index (χ4v) is 3.15. The second-order valence-electron chi connectivity index (χ2n) is 7.34. The smallest absolute Gasteiger partial charge is 0.317 e. The summed E-state index contributed by atoms with van der Waals surface area (Å²) in [5, 5.41) is 28.6. The average molecular weight is 426 g/mol. The average Bonchev–Trinajstić information content (AvgIpc) is 2.62. The standard InChI is InChI=1S/C20H38N2O6.Na/c1-3-5-6-7-8-9-10-11-12-13-18(23)22(28)17(4-2)14-21(15-19(24)25)16-20(26)27;/h17,28H,3-16H2,1-2H3,(H,24,25)(H,26,27);. The van der Waals surface area contributed by atoms with Gasteiger partial charge in [-0.2, -0.15) is 0 Å². The van der Waals surface area contributed by atoms with E-state index in [0.717, 1.165) is 19.3 Å². The van der Waals surface area contributed by atoms with Crippen LogP contribution >= 0.6 is 0 Å². The molecule has 0 heterocycles. The molecule has 0 aromatic heterocycles. The second kappa shape index (κ2) is 19.3. The quantitative estimate of drug-likeness (QED) is 0.134. The van der Waals surface area contributed by atoms with Crippen molar-refractivity contribution in [3.05, 3.63) is 0 Å². The van der Waals surface area contributed by atoms with E-state index in [4.69, 9.17) is 10.2 Å². The molecule has 9 heteroatoms. The molecule has 0 bridgehead atoms. The minimum atomic E-state index is -1.15. The zero-order valence-corrected chi connectivity index (χ0v) is 20.4. The Morgan fingerprint density at radius 1 is 0.793 bits per heavy atom. The molecule has 0 aliphatic carbocycles. The van der Waals surface area contributed by atoms with Crippen LogP contribution in [0.25, 0.3) is 0 Å². The first kappa shape index (κ1) is 30.5. The molecule has 165 valence electrons. The summed E-state index contributed by atoms with van der Waals surface area (Å²) in [5.74, 6) is -2.70. The molecule has 29 heavy (non-hydrogen) atoms. The fourth-order valence-electron chi connectivity index (χ4n) is 3.15. The molecule has 3 N–H and O–H groups in total. The maximum Gasteiger partial charge on any atom is 0.317 e. The predicted octanol–water partition coefficient (Wildman–Crippen LogP) is 2.99. The topological polar surface area (TPSA) is 118 Å². The summed E-state index contributed by atoms with van der Waals surface area (Å²) in [4.78, 5) is 35.2. The predicted molar refractivity (Wildman–Crippen MR) is 112 cm³/mol. The van der Waals surface area contributed by atoms with Crippen molar-refractivity contribution in [1.29, 1.82) is 0 Å². The normalized spacial score (nSPS) is 11.7. The zero-order chi connectivity index (χ0) is 21.4. The van der Waals surface area contributed by atoms with Gasteiger partial charge in [-0.25, -0.2) is 5.06 Å². The molecule has 0 rings (SSSR count). The summed E-state index contributed by atoms with van der Waals surface area (Å²) in [6.45, 7) is 3.04. The first-order valence-corrected chi connectivity index (χ1v) is 10.5. The Balaban J connectivity index is 0. The molecule has 0 aromatic rings. The fraction of sp³-hybridized carbons (Fsp3) is 0.850. The van der Waals surface area contributed by atoms with Crippen molar-refractivity contribution in [2.24, 2.45) is 0 Å². The number of hydrogen-bond acceptors (Lipinski definition) is 5. The van der Waals surface area contributed by atoms with E-state index >= 15 is 0 Å². The Morgan fingerprint density at radius 3 is 1.66 bits per heavy atom. The van der Waals surface area contributed by atoms with Gasteiger partial charge in [-0.1, -0.05) is 65.2 Å². The number of hydroxylamine groups is 2. The van der Waals surface area contributed by atoms with E-state index in [1.54, 1.807) is 6.92 Å². The summed E-state index contributed by atoms with van der Waals surface area (Å²) in [6.07, 6.45) is 10.8. The molecule has 8 nitrogen and oxygen atoms in total. The number of carboxylic acid groups (broad SMARTS) is 2. The molecule has 0 saturated carbocycles. The van der Waals surface area contributed by atoms with Crippen LogP contribution in [0.3, 0.4) is 0 Å². The Bertz CT molecular complexity index is 448. The van der Waals surface area contributed by atoms with Gasteiger partial charge in [0, 0.05) is 42.5 Å². The largest absolute Gasteiger partial charge is 0.480 e. The van der Waals surface area contributed by atoms with Crippen molar-refractivity contribution in [2.75, 3.05) is 19.6 Å². The molecule has 0 aliphatic heterocycles. The summed E-state index contributed by atoms with van der Waals surface area (Å²) >= 11 is 0. The van der Waals surface area contributed by atoms with E-state index in [0.29, 0.717) is 17.9 Å². The molecule has 1 radical (unpaired) electrons. The van der Waals surface area contributed by atoms with Crippen LogP contribution in [0.5, 0.6) is 0 Å². The summed E-state index contributed by atoms with van der Waals surface area (Å²) in [5.41, 5.74) is 0. The van der Waals surface area contributed by atoms with Crippen LogP contribution in [0.15, 0.2) is 0 Å². The first-order chi connectivity index (χ1) is 13.3. The van der Waals surface area contributed by atoms with E-state index in [9.17, 15) is 19.6 Å². The molecule has 1 atom stereocenters. The van der Waals surface area contributed by atoms with Gasteiger partial charge in [0.15, 0.2) is 0 Å². The van der Waals surface area contributed by atoms with Crippen LogP contribution < -0.4 is 0 Å². The second-order valence-corrected chi connectivity index (χ2v) is 7.34. The monoisotopic (exact) mass is 425 g/mol. The Labute approximate surface area is 196 Å². The van der Waals surface area contributed by atoms with E-state index < -0.39 is 37.0 Å². The van der Waals surface area contributed by atoms with Crippen molar-refractivity contribution < 1.29 is 29.8 Å². The van der Waals surface area contributed by atoms with Crippen LogP contribution in [0.4, 0.5) is 0 Å². The van der Waals surface area contributed by atoms with E-state index in [1.165, 1.54) is 37.0 Å². The zero-order valence-electron chi connectivity index (χ0n) is 18.4. The van der Waals surface area contributed by atoms with E-state index in [2.05, 4.69) is 6.92 Å². The van der Waals surface area contributed by atoms with Gasteiger partial charge in [0.25, 0.3) is 0 Å². The van der Waals surface area contributed by atoms with Crippen molar-refractivity contribution in [3.8, 4) is 0 Å². The third kappa shape index (κ3) is 16.8. The number of unbranched alkanes of at least 4 members (excludes halogenated alkanes) is 8.